The van der Waals surface area contributed by atoms with Gasteiger partial charge in [0.2, 0.25) is 5.91 Å². The van der Waals surface area contributed by atoms with Gasteiger partial charge in [0, 0.05) is 43.3 Å². The Labute approximate surface area is 139 Å². The number of nitrogens with zero attached hydrogens (tertiary/aromatic N) is 2. The maximum Gasteiger partial charge on any atom is 0.317 e. The van der Waals surface area contributed by atoms with Crippen LogP contribution in [0.5, 0.6) is 0 Å². The van der Waals surface area contributed by atoms with Crippen LogP contribution in [0.2, 0.25) is 0 Å². The molecule has 0 aliphatic carbocycles. The van der Waals surface area contributed by atoms with Crippen LogP contribution in [0.15, 0.2) is 34.8 Å². The van der Waals surface area contributed by atoms with Gasteiger partial charge in [-0.2, -0.15) is 0 Å². The summed E-state index contributed by atoms with van der Waals surface area (Å²) in [6.07, 6.45) is 3.39. The molecular formula is C16H20BrN3O2. The Kier molecular flexibility index (Phi) is 6.00. The maximum absolute atomic E-state index is 12.2. The zero-order chi connectivity index (χ0) is 15.9. The second-order valence-corrected chi connectivity index (χ2v) is 5.86. The van der Waals surface area contributed by atoms with E-state index in [0.29, 0.717) is 32.7 Å². The summed E-state index contributed by atoms with van der Waals surface area (Å²) in [4.78, 5) is 27.4. The molecule has 0 radical (unpaired) electrons. The quantitative estimate of drug-likeness (QED) is 0.835. The van der Waals surface area contributed by atoms with Crippen molar-refractivity contribution in [1.29, 1.82) is 0 Å². The van der Waals surface area contributed by atoms with Crippen LogP contribution in [0, 0.1) is 0 Å². The monoisotopic (exact) mass is 365 g/mol. The lowest BCUT2D eigenvalue weighted by molar-refractivity contribution is -0.127. The van der Waals surface area contributed by atoms with Crippen molar-refractivity contribution >= 4 is 33.9 Å². The molecule has 1 aliphatic rings. The maximum atomic E-state index is 12.2. The Balaban J connectivity index is 1.88. The van der Waals surface area contributed by atoms with Crippen LogP contribution in [-0.4, -0.2) is 54.5 Å². The number of nitrogens with one attached hydrogen (secondary N) is 1. The number of piperazine rings is 1. The van der Waals surface area contributed by atoms with E-state index < -0.39 is 0 Å². The number of amides is 3. The molecule has 0 spiro atoms. The fourth-order valence-electron chi connectivity index (χ4n) is 2.27. The fourth-order valence-corrected chi connectivity index (χ4v) is 2.69. The van der Waals surface area contributed by atoms with E-state index in [-0.39, 0.29) is 11.9 Å². The van der Waals surface area contributed by atoms with Gasteiger partial charge in [-0.1, -0.05) is 34.1 Å². The molecule has 1 fully saturated rings. The van der Waals surface area contributed by atoms with Crippen molar-refractivity contribution < 1.29 is 9.59 Å². The first-order valence-corrected chi connectivity index (χ1v) is 8.15. The van der Waals surface area contributed by atoms with Gasteiger partial charge < -0.3 is 15.1 Å². The van der Waals surface area contributed by atoms with Crippen molar-refractivity contribution in [2.75, 3.05) is 32.7 Å². The summed E-state index contributed by atoms with van der Waals surface area (Å²) in [5.74, 6) is -0.0219. The molecule has 0 saturated carbocycles. The lowest BCUT2D eigenvalue weighted by Crippen LogP contribution is -2.52. The highest BCUT2D eigenvalue weighted by Gasteiger charge is 2.22. The molecule has 5 nitrogen and oxygen atoms in total. The van der Waals surface area contributed by atoms with E-state index in [0.717, 1.165) is 10.0 Å². The van der Waals surface area contributed by atoms with Crippen LogP contribution in [0.3, 0.4) is 0 Å². The molecule has 0 bridgehead atoms. The summed E-state index contributed by atoms with van der Waals surface area (Å²) in [6, 6.07) is 7.69. The largest absolute Gasteiger partial charge is 0.338 e. The molecule has 1 N–H and O–H groups in total. The highest BCUT2D eigenvalue weighted by molar-refractivity contribution is 9.10. The van der Waals surface area contributed by atoms with Crippen LogP contribution in [0.4, 0.5) is 4.79 Å². The number of carbonyl (C=O) groups is 2. The van der Waals surface area contributed by atoms with Crippen LogP contribution in [0.1, 0.15) is 12.5 Å². The Hall–Kier alpha value is -1.82. The lowest BCUT2D eigenvalue weighted by atomic mass is 10.2. The number of urea groups is 1. The van der Waals surface area contributed by atoms with Crippen molar-refractivity contribution in [2.45, 2.75) is 6.92 Å². The highest BCUT2D eigenvalue weighted by atomic mass is 79.9. The Morgan fingerprint density at radius 1 is 1.18 bits per heavy atom. The summed E-state index contributed by atoms with van der Waals surface area (Å²) >= 11 is 3.45. The molecule has 1 heterocycles. The minimum Gasteiger partial charge on any atom is -0.338 e. The van der Waals surface area contributed by atoms with E-state index in [2.05, 4.69) is 21.2 Å². The van der Waals surface area contributed by atoms with Crippen LogP contribution in [-0.2, 0) is 4.79 Å². The minimum atomic E-state index is -0.0571. The number of rotatable bonds is 3. The zero-order valence-corrected chi connectivity index (χ0v) is 14.2. The summed E-state index contributed by atoms with van der Waals surface area (Å²) in [5.41, 5.74) is 0.969. The van der Waals surface area contributed by atoms with Gasteiger partial charge >= 0.3 is 6.03 Å². The Morgan fingerprint density at radius 3 is 2.45 bits per heavy atom. The molecule has 22 heavy (non-hydrogen) atoms. The zero-order valence-electron chi connectivity index (χ0n) is 12.6. The van der Waals surface area contributed by atoms with Crippen LogP contribution < -0.4 is 5.32 Å². The predicted octanol–water partition coefficient (Wildman–Crippen LogP) is 2.34. The molecular weight excluding hydrogens is 346 g/mol. The topological polar surface area (TPSA) is 52.7 Å². The standard InChI is InChI=1S/C16H20BrN3O2/c1-2-18-16(22)20-11-9-19(10-12-20)15(21)8-7-13-5-3-4-6-14(13)17/h3-8H,2,9-12H2,1H3,(H,18,22)/b8-7+. The molecule has 1 aliphatic heterocycles. The van der Waals surface area contributed by atoms with Crippen molar-refractivity contribution in [3.05, 3.63) is 40.4 Å². The fraction of sp³-hybridized carbons (Fsp3) is 0.375. The first kappa shape index (κ1) is 16.5. The molecule has 0 unspecified atom stereocenters. The van der Waals surface area contributed by atoms with Crippen molar-refractivity contribution in [1.82, 2.24) is 15.1 Å². The second kappa shape index (κ2) is 7.98. The van der Waals surface area contributed by atoms with E-state index in [1.807, 2.05) is 37.3 Å². The van der Waals surface area contributed by atoms with Gasteiger partial charge in [-0.25, -0.2) is 4.79 Å². The van der Waals surface area contributed by atoms with Gasteiger partial charge in [0.25, 0.3) is 0 Å². The molecule has 0 atom stereocenters. The average Bonchev–Trinajstić information content (AvgIpc) is 2.54. The van der Waals surface area contributed by atoms with E-state index in [1.165, 1.54) is 0 Å². The van der Waals surface area contributed by atoms with Gasteiger partial charge in [-0.05, 0) is 24.6 Å². The Morgan fingerprint density at radius 2 is 1.82 bits per heavy atom. The smallest absolute Gasteiger partial charge is 0.317 e. The van der Waals surface area contributed by atoms with Gasteiger partial charge in [0.1, 0.15) is 0 Å². The van der Waals surface area contributed by atoms with Crippen LogP contribution >= 0.6 is 15.9 Å². The van der Waals surface area contributed by atoms with E-state index in [1.54, 1.807) is 15.9 Å². The number of halogens is 1. The first-order chi connectivity index (χ1) is 10.6. The molecule has 0 aromatic heterocycles. The molecule has 3 amide bonds. The molecule has 1 aromatic rings. The number of carbonyl (C=O) groups excluding carboxylic acids is 2. The SMILES string of the molecule is CCNC(=O)N1CCN(C(=O)/C=C/c2ccccc2Br)CC1. The molecule has 1 aromatic carbocycles. The Bertz CT molecular complexity index is 566. The summed E-state index contributed by atoms with van der Waals surface area (Å²) in [6.45, 7) is 4.78. The average molecular weight is 366 g/mol. The van der Waals surface area contributed by atoms with Gasteiger partial charge in [0.05, 0.1) is 0 Å². The molecule has 118 valence electrons. The third kappa shape index (κ3) is 4.34. The third-order valence-corrected chi connectivity index (χ3v) is 4.24. The minimum absolute atomic E-state index is 0.0219. The summed E-state index contributed by atoms with van der Waals surface area (Å²) < 4.78 is 0.958. The first-order valence-electron chi connectivity index (χ1n) is 7.36. The number of hydrogen-bond acceptors (Lipinski definition) is 2. The summed E-state index contributed by atoms with van der Waals surface area (Å²) in [5, 5.41) is 2.78. The molecule has 2 rings (SSSR count). The number of hydrogen-bond donors (Lipinski definition) is 1. The van der Waals surface area contributed by atoms with Crippen LogP contribution in [0.25, 0.3) is 6.08 Å². The number of benzene rings is 1. The third-order valence-electron chi connectivity index (χ3n) is 3.52. The summed E-state index contributed by atoms with van der Waals surface area (Å²) in [7, 11) is 0. The van der Waals surface area contributed by atoms with Gasteiger partial charge in [-0.15, -0.1) is 0 Å². The van der Waals surface area contributed by atoms with Crippen molar-refractivity contribution in [2.24, 2.45) is 0 Å². The molecule has 6 heteroatoms. The second-order valence-electron chi connectivity index (χ2n) is 5.00. The lowest BCUT2D eigenvalue weighted by Gasteiger charge is -2.34. The van der Waals surface area contributed by atoms with E-state index >= 15 is 0 Å². The van der Waals surface area contributed by atoms with Gasteiger partial charge in [-0.3, -0.25) is 4.79 Å². The van der Waals surface area contributed by atoms with Crippen molar-refractivity contribution in [3.8, 4) is 0 Å². The highest BCUT2D eigenvalue weighted by Crippen LogP contribution is 2.17. The normalized spacial score (nSPS) is 15.2. The van der Waals surface area contributed by atoms with Gasteiger partial charge in [0.15, 0.2) is 0 Å². The predicted molar refractivity (Wildman–Crippen MR) is 90.4 cm³/mol. The van der Waals surface area contributed by atoms with Crippen molar-refractivity contribution in [3.63, 3.8) is 0 Å². The van der Waals surface area contributed by atoms with E-state index in [9.17, 15) is 9.59 Å². The van der Waals surface area contributed by atoms with E-state index in [4.69, 9.17) is 0 Å². The molecule has 1 saturated heterocycles.